The third-order valence-corrected chi connectivity index (χ3v) is 5.32. The van der Waals surface area contributed by atoms with Crippen LogP contribution in [0.2, 0.25) is 0 Å². The highest BCUT2D eigenvalue weighted by atomic mass is 32.2. The van der Waals surface area contributed by atoms with Gasteiger partial charge in [0.2, 0.25) is 0 Å². The Balaban J connectivity index is 2.35. The Morgan fingerprint density at radius 2 is 2.08 bits per heavy atom. The van der Waals surface area contributed by atoms with Gasteiger partial charge in [-0.3, -0.25) is 0 Å². The number of aryl methyl sites for hydroxylation is 1. The van der Waals surface area contributed by atoms with Gasteiger partial charge in [-0.1, -0.05) is 12.1 Å². The van der Waals surface area contributed by atoms with E-state index in [0.717, 1.165) is 9.87 Å². The van der Waals surface area contributed by atoms with Crippen molar-refractivity contribution >= 4 is 10.2 Å². The Hall–Kier alpha value is -2.41. The normalized spacial score (nSPS) is 12.8. The van der Waals surface area contributed by atoms with Crippen molar-refractivity contribution in [2.45, 2.75) is 12.5 Å². The van der Waals surface area contributed by atoms with Crippen LogP contribution in [-0.4, -0.2) is 43.0 Å². The molecule has 1 aromatic carbocycles. The van der Waals surface area contributed by atoms with Crippen molar-refractivity contribution in [2.75, 3.05) is 20.7 Å². The average molecular weight is 363 g/mol. The van der Waals surface area contributed by atoms with Crippen LogP contribution in [0.1, 0.15) is 23.9 Å². The lowest BCUT2D eigenvalue weighted by molar-refractivity contribution is 0.414. The second kappa shape index (κ2) is 8.11. The van der Waals surface area contributed by atoms with E-state index in [1.807, 2.05) is 6.07 Å². The Bertz CT molecular complexity index is 839. The third-order valence-electron chi connectivity index (χ3n) is 3.78. The van der Waals surface area contributed by atoms with Gasteiger partial charge in [0.05, 0.1) is 13.2 Å². The van der Waals surface area contributed by atoms with E-state index in [1.54, 1.807) is 55.4 Å². The van der Waals surface area contributed by atoms with Gasteiger partial charge in [0.25, 0.3) is 10.2 Å². The zero-order valence-corrected chi connectivity index (χ0v) is 15.2. The fourth-order valence-electron chi connectivity index (χ4n) is 2.29. The molecule has 9 heteroatoms. The number of ether oxygens (including phenoxy) is 1. The summed E-state index contributed by atoms with van der Waals surface area (Å²) >= 11 is 0. The molecule has 0 fully saturated rings. The first-order chi connectivity index (χ1) is 11.9. The van der Waals surface area contributed by atoms with Gasteiger partial charge in [0.15, 0.2) is 0 Å². The van der Waals surface area contributed by atoms with Gasteiger partial charge in [-0.15, -0.1) is 0 Å². The van der Waals surface area contributed by atoms with E-state index in [0.29, 0.717) is 11.6 Å². The van der Waals surface area contributed by atoms with Crippen LogP contribution in [0.4, 0.5) is 0 Å². The molecule has 25 heavy (non-hydrogen) atoms. The maximum atomic E-state index is 12.6. The minimum absolute atomic E-state index is 0.113. The Kier molecular flexibility index (Phi) is 6.14. The van der Waals surface area contributed by atoms with Crippen molar-refractivity contribution in [1.82, 2.24) is 18.6 Å². The van der Waals surface area contributed by atoms with Crippen LogP contribution >= 0.6 is 0 Å². The summed E-state index contributed by atoms with van der Waals surface area (Å²) in [5.41, 5.74) is 0.729. The number of hydrogen-bond acceptors (Lipinski definition) is 5. The summed E-state index contributed by atoms with van der Waals surface area (Å²) in [5.74, 6) is 1.23. The highest BCUT2D eigenvalue weighted by Gasteiger charge is 2.27. The van der Waals surface area contributed by atoms with E-state index in [9.17, 15) is 8.42 Å². The molecule has 2 rings (SSSR count). The molecule has 0 aliphatic rings. The first kappa shape index (κ1) is 18.9. The first-order valence-corrected chi connectivity index (χ1v) is 9.04. The summed E-state index contributed by atoms with van der Waals surface area (Å²) in [5, 5.41) is 8.66. The Morgan fingerprint density at radius 3 is 2.60 bits per heavy atom. The van der Waals surface area contributed by atoms with Crippen molar-refractivity contribution < 1.29 is 13.2 Å². The molecular formula is C16H21N5O3S. The molecule has 0 radical (unpaired) electrons. The number of aromatic nitrogens is 2. The predicted molar refractivity (Wildman–Crippen MR) is 93.0 cm³/mol. The van der Waals surface area contributed by atoms with Crippen molar-refractivity contribution in [3.05, 3.63) is 48.0 Å². The molecule has 1 unspecified atom stereocenters. The molecule has 0 saturated carbocycles. The van der Waals surface area contributed by atoms with Crippen LogP contribution < -0.4 is 9.46 Å². The van der Waals surface area contributed by atoms with E-state index >= 15 is 0 Å². The van der Waals surface area contributed by atoms with E-state index in [2.05, 4.69) is 9.71 Å². The van der Waals surface area contributed by atoms with Gasteiger partial charge < -0.3 is 9.30 Å². The smallest absolute Gasteiger partial charge is 0.280 e. The molecule has 1 N–H and O–H groups in total. The zero-order valence-electron chi connectivity index (χ0n) is 14.4. The summed E-state index contributed by atoms with van der Waals surface area (Å²) in [6.45, 7) is 0.113. The summed E-state index contributed by atoms with van der Waals surface area (Å²) in [4.78, 5) is 4.27. The first-order valence-electron chi connectivity index (χ1n) is 7.60. The van der Waals surface area contributed by atoms with Crippen LogP contribution in [-0.2, 0) is 17.3 Å². The SMILES string of the molecule is COc1ccc(C(NS(=O)(=O)N(C)CCC#N)c2nccn2C)cc1. The second-order valence-electron chi connectivity index (χ2n) is 5.46. The molecule has 8 nitrogen and oxygen atoms in total. The number of methoxy groups -OCH3 is 1. The molecule has 0 bridgehead atoms. The standard InChI is InChI=1S/C16H21N5O3S/c1-20-12-10-18-16(20)15(13-5-7-14(24-3)8-6-13)19-25(22,23)21(2)11-4-9-17/h5-8,10,12,15,19H,4,11H2,1-3H3. The number of nitrogens with zero attached hydrogens (tertiary/aromatic N) is 4. The molecule has 0 amide bonds. The minimum Gasteiger partial charge on any atom is -0.497 e. The number of rotatable bonds is 8. The lowest BCUT2D eigenvalue weighted by Gasteiger charge is -2.23. The van der Waals surface area contributed by atoms with Gasteiger partial charge >= 0.3 is 0 Å². The monoisotopic (exact) mass is 363 g/mol. The van der Waals surface area contributed by atoms with Crippen LogP contribution in [0.3, 0.4) is 0 Å². The predicted octanol–water partition coefficient (Wildman–Crippen LogP) is 1.20. The van der Waals surface area contributed by atoms with E-state index in [-0.39, 0.29) is 13.0 Å². The maximum Gasteiger partial charge on any atom is 0.280 e. The van der Waals surface area contributed by atoms with E-state index < -0.39 is 16.3 Å². The molecule has 1 heterocycles. The molecule has 2 aromatic rings. The number of nitriles is 1. The third kappa shape index (κ3) is 4.57. The Labute approximate surface area is 147 Å². The number of nitrogens with one attached hydrogen (secondary N) is 1. The Morgan fingerprint density at radius 1 is 1.40 bits per heavy atom. The maximum absolute atomic E-state index is 12.6. The molecular weight excluding hydrogens is 342 g/mol. The number of hydrogen-bond donors (Lipinski definition) is 1. The zero-order chi connectivity index (χ0) is 18.4. The summed E-state index contributed by atoms with van der Waals surface area (Å²) in [6.07, 6.45) is 3.48. The van der Waals surface area contributed by atoms with E-state index in [1.165, 1.54) is 7.05 Å². The van der Waals surface area contributed by atoms with Crippen LogP contribution in [0.25, 0.3) is 0 Å². The van der Waals surface area contributed by atoms with E-state index in [4.69, 9.17) is 10.00 Å². The quantitative estimate of drug-likeness (QED) is 0.759. The fraction of sp³-hybridized carbons (Fsp3) is 0.375. The molecule has 0 saturated heterocycles. The lowest BCUT2D eigenvalue weighted by atomic mass is 10.1. The molecule has 134 valence electrons. The summed E-state index contributed by atoms with van der Waals surface area (Å²) in [7, 11) is 1.01. The van der Waals surface area contributed by atoms with Gasteiger partial charge in [-0.25, -0.2) is 4.98 Å². The topological polar surface area (TPSA) is 100 Å². The van der Waals surface area contributed by atoms with Crippen LogP contribution in [0.5, 0.6) is 5.75 Å². The molecule has 1 atom stereocenters. The van der Waals surface area contributed by atoms with Crippen LogP contribution in [0.15, 0.2) is 36.7 Å². The van der Waals surface area contributed by atoms with Crippen molar-refractivity contribution in [1.29, 1.82) is 5.26 Å². The fourth-order valence-corrected chi connectivity index (χ4v) is 3.34. The average Bonchev–Trinajstić information content (AvgIpc) is 3.03. The highest BCUT2D eigenvalue weighted by molar-refractivity contribution is 7.87. The number of benzene rings is 1. The molecule has 1 aromatic heterocycles. The van der Waals surface area contributed by atoms with Gasteiger partial charge in [-0.2, -0.15) is 22.7 Å². The lowest BCUT2D eigenvalue weighted by Crippen LogP contribution is -2.41. The van der Waals surface area contributed by atoms with Crippen molar-refractivity contribution in [3.63, 3.8) is 0 Å². The molecule has 0 spiro atoms. The summed E-state index contributed by atoms with van der Waals surface area (Å²) in [6, 6.07) is 8.38. The van der Waals surface area contributed by atoms with Gasteiger partial charge in [-0.05, 0) is 17.7 Å². The second-order valence-corrected chi connectivity index (χ2v) is 7.26. The van der Waals surface area contributed by atoms with Crippen molar-refractivity contribution in [2.24, 2.45) is 7.05 Å². The largest absolute Gasteiger partial charge is 0.497 e. The van der Waals surface area contributed by atoms with Crippen molar-refractivity contribution in [3.8, 4) is 11.8 Å². The van der Waals surface area contributed by atoms with Gasteiger partial charge in [0.1, 0.15) is 17.6 Å². The summed E-state index contributed by atoms with van der Waals surface area (Å²) < 4.78 is 35.9. The number of imidazole rings is 1. The minimum atomic E-state index is -3.79. The molecule has 0 aliphatic heterocycles. The van der Waals surface area contributed by atoms with Crippen LogP contribution in [0, 0.1) is 11.3 Å². The highest BCUT2D eigenvalue weighted by Crippen LogP contribution is 2.24. The van der Waals surface area contributed by atoms with Gasteiger partial charge in [0, 0.05) is 39.5 Å². The molecule has 0 aliphatic carbocycles.